The summed E-state index contributed by atoms with van der Waals surface area (Å²) in [6, 6.07) is 0. The maximum Gasteiger partial charge on any atom is 0.317 e. The van der Waals surface area contributed by atoms with E-state index in [1.807, 2.05) is 20.8 Å². The van der Waals surface area contributed by atoms with Crippen LogP contribution >= 0.6 is 11.6 Å². The van der Waals surface area contributed by atoms with Crippen LogP contribution in [0.25, 0.3) is 0 Å². The van der Waals surface area contributed by atoms with Crippen molar-refractivity contribution in [3.05, 3.63) is 11.3 Å². The highest BCUT2D eigenvalue weighted by Gasteiger charge is 2.44. The first-order valence-corrected chi connectivity index (χ1v) is 6.51. The number of fused-ring (bicyclic) bond motifs is 1. The number of amides is 2. The maximum atomic E-state index is 11.5. The van der Waals surface area contributed by atoms with Gasteiger partial charge in [-0.05, 0) is 32.4 Å². The molecule has 0 spiro atoms. The molecule has 0 unspecified atom stereocenters. The van der Waals surface area contributed by atoms with E-state index in [9.17, 15) is 9.59 Å². The van der Waals surface area contributed by atoms with E-state index in [1.54, 1.807) is 4.68 Å². The van der Waals surface area contributed by atoms with E-state index in [0.717, 1.165) is 11.3 Å². The van der Waals surface area contributed by atoms with Gasteiger partial charge in [0.2, 0.25) is 5.91 Å². The summed E-state index contributed by atoms with van der Waals surface area (Å²) < 4.78 is 1.74. The van der Waals surface area contributed by atoms with Crippen LogP contribution in [0.15, 0.2) is 0 Å². The summed E-state index contributed by atoms with van der Waals surface area (Å²) in [7, 11) is 0. The molecular formula is C12H17ClN4O2. The van der Waals surface area contributed by atoms with Gasteiger partial charge >= 0.3 is 5.37 Å². The van der Waals surface area contributed by atoms with Gasteiger partial charge in [-0.3, -0.25) is 9.59 Å². The Morgan fingerprint density at radius 1 is 1.47 bits per heavy atom. The first-order chi connectivity index (χ1) is 8.78. The Bertz CT molecular complexity index is 550. The molecule has 2 heterocycles. The molecule has 0 radical (unpaired) electrons. The molecule has 19 heavy (non-hydrogen) atoms. The molecule has 1 aliphatic rings. The van der Waals surface area contributed by atoms with Crippen LogP contribution in [0.4, 0.5) is 10.6 Å². The Hall–Kier alpha value is -1.56. The van der Waals surface area contributed by atoms with Crippen LogP contribution in [0.3, 0.4) is 0 Å². The summed E-state index contributed by atoms with van der Waals surface area (Å²) in [6.07, 6.45) is 0. The summed E-state index contributed by atoms with van der Waals surface area (Å²) >= 11 is 5.61. The SMILES string of the molecule is CCn1nc2c(c1NC(C)=O)CN(C(=O)Cl)C2(C)C. The summed E-state index contributed by atoms with van der Waals surface area (Å²) in [5, 5.41) is 6.77. The molecule has 0 saturated heterocycles. The van der Waals surface area contributed by atoms with E-state index in [4.69, 9.17) is 11.6 Å². The Kier molecular flexibility index (Phi) is 3.30. The molecule has 1 N–H and O–H groups in total. The van der Waals surface area contributed by atoms with E-state index >= 15 is 0 Å². The fourth-order valence-electron chi connectivity index (χ4n) is 2.44. The molecule has 0 aliphatic carbocycles. The molecule has 7 heteroatoms. The molecule has 1 aromatic heterocycles. The lowest BCUT2D eigenvalue weighted by molar-refractivity contribution is -0.114. The van der Waals surface area contributed by atoms with Gasteiger partial charge in [0.15, 0.2) is 0 Å². The van der Waals surface area contributed by atoms with Crippen molar-refractivity contribution < 1.29 is 9.59 Å². The van der Waals surface area contributed by atoms with Crippen molar-refractivity contribution >= 4 is 28.7 Å². The predicted molar refractivity (Wildman–Crippen MR) is 72.0 cm³/mol. The van der Waals surface area contributed by atoms with E-state index in [2.05, 4.69) is 10.4 Å². The van der Waals surface area contributed by atoms with Gasteiger partial charge in [-0.25, -0.2) is 4.68 Å². The number of anilines is 1. The van der Waals surface area contributed by atoms with E-state index in [1.165, 1.54) is 11.8 Å². The number of nitrogens with one attached hydrogen (secondary N) is 1. The van der Waals surface area contributed by atoms with Gasteiger partial charge in [-0.1, -0.05) is 0 Å². The number of carbonyl (C=O) groups excluding carboxylic acids is 2. The van der Waals surface area contributed by atoms with E-state index < -0.39 is 10.9 Å². The second-order valence-corrected chi connectivity index (χ2v) is 5.39. The van der Waals surface area contributed by atoms with Crippen LogP contribution in [0.5, 0.6) is 0 Å². The summed E-state index contributed by atoms with van der Waals surface area (Å²) in [6.45, 7) is 8.19. The van der Waals surface area contributed by atoms with Crippen LogP contribution in [-0.4, -0.2) is 26.0 Å². The first kappa shape index (κ1) is 13.9. The quantitative estimate of drug-likeness (QED) is 0.669. The zero-order chi connectivity index (χ0) is 14.4. The van der Waals surface area contributed by atoms with Gasteiger partial charge in [0.05, 0.1) is 17.8 Å². The minimum absolute atomic E-state index is 0.161. The lowest BCUT2D eigenvalue weighted by Crippen LogP contribution is -2.38. The third-order valence-corrected chi connectivity index (χ3v) is 3.63. The Labute approximate surface area is 116 Å². The molecule has 0 atom stereocenters. The van der Waals surface area contributed by atoms with Gasteiger partial charge < -0.3 is 10.2 Å². The van der Waals surface area contributed by atoms with Crippen LogP contribution < -0.4 is 5.32 Å². The zero-order valence-electron chi connectivity index (χ0n) is 11.5. The lowest BCUT2D eigenvalue weighted by Gasteiger charge is -2.29. The molecule has 6 nitrogen and oxygen atoms in total. The minimum Gasteiger partial charge on any atom is -0.314 e. The van der Waals surface area contributed by atoms with Crippen molar-refractivity contribution in [1.82, 2.24) is 14.7 Å². The monoisotopic (exact) mass is 284 g/mol. The summed E-state index contributed by atoms with van der Waals surface area (Å²) in [4.78, 5) is 24.3. The van der Waals surface area contributed by atoms with Gasteiger partial charge in [-0.2, -0.15) is 5.10 Å². The Morgan fingerprint density at radius 2 is 2.11 bits per heavy atom. The third kappa shape index (κ3) is 2.10. The second kappa shape index (κ2) is 4.52. The highest BCUT2D eigenvalue weighted by atomic mass is 35.5. The molecule has 2 amide bonds. The Balaban J connectivity index is 2.52. The highest BCUT2D eigenvalue weighted by Crippen LogP contribution is 2.42. The van der Waals surface area contributed by atoms with Gasteiger partial charge in [0.1, 0.15) is 5.82 Å². The number of carbonyl (C=O) groups is 2. The lowest BCUT2D eigenvalue weighted by atomic mass is 10.0. The number of nitrogens with zero attached hydrogens (tertiary/aromatic N) is 3. The normalized spacial score (nSPS) is 16.4. The fourth-order valence-corrected chi connectivity index (χ4v) is 2.71. The van der Waals surface area contributed by atoms with E-state index in [0.29, 0.717) is 18.9 Å². The summed E-state index contributed by atoms with van der Waals surface area (Å²) in [5.41, 5.74) is 1.07. The van der Waals surface area contributed by atoms with Crippen molar-refractivity contribution in [3.63, 3.8) is 0 Å². The zero-order valence-corrected chi connectivity index (χ0v) is 12.2. The van der Waals surface area contributed by atoms with Crippen molar-refractivity contribution in [1.29, 1.82) is 0 Å². The number of aromatic nitrogens is 2. The minimum atomic E-state index is -0.568. The third-order valence-electron chi connectivity index (χ3n) is 3.43. The van der Waals surface area contributed by atoms with Crippen molar-refractivity contribution in [3.8, 4) is 0 Å². The van der Waals surface area contributed by atoms with Crippen LogP contribution in [0.2, 0.25) is 0 Å². The number of hydrogen-bond donors (Lipinski definition) is 1. The number of rotatable bonds is 2. The highest BCUT2D eigenvalue weighted by molar-refractivity contribution is 6.62. The number of hydrogen-bond acceptors (Lipinski definition) is 3. The van der Waals surface area contributed by atoms with Crippen molar-refractivity contribution in [2.24, 2.45) is 0 Å². The topological polar surface area (TPSA) is 67.2 Å². The van der Waals surface area contributed by atoms with Crippen molar-refractivity contribution in [2.75, 3.05) is 5.32 Å². The smallest absolute Gasteiger partial charge is 0.314 e. The average Bonchev–Trinajstić information content (AvgIpc) is 2.75. The Morgan fingerprint density at radius 3 is 2.58 bits per heavy atom. The van der Waals surface area contributed by atoms with Crippen LogP contribution in [0.1, 0.15) is 39.0 Å². The van der Waals surface area contributed by atoms with Crippen molar-refractivity contribution in [2.45, 2.75) is 46.3 Å². The molecule has 2 rings (SSSR count). The van der Waals surface area contributed by atoms with Crippen LogP contribution in [0, 0.1) is 0 Å². The molecule has 104 valence electrons. The van der Waals surface area contributed by atoms with Gasteiger partial charge in [0.25, 0.3) is 0 Å². The number of halogens is 1. The molecule has 1 aromatic rings. The summed E-state index contributed by atoms with van der Waals surface area (Å²) in [5.74, 6) is 0.490. The predicted octanol–water partition coefficient (Wildman–Crippen LogP) is 2.27. The molecule has 0 fully saturated rings. The maximum absolute atomic E-state index is 11.5. The largest absolute Gasteiger partial charge is 0.317 e. The second-order valence-electron chi connectivity index (χ2n) is 5.07. The first-order valence-electron chi connectivity index (χ1n) is 6.13. The van der Waals surface area contributed by atoms with Gasteiger partial charge in [-0.15, -0.1) is 0 Å². The molecule has 1 aliphatic heterocycles. The standard InChI is InChI=1S/C12H17ClN4O2/c1-5-17-10(14-7(2)18)8-6-16(11(13)19)12(3,4)9(8)15-17/h5-6H2,1-4H3,(H,14,18). The van der Waals surface area contributed by atoms with E-state index in [-0.39, 0.29) is 5.91 Å². The fraction of sp³-hybridized carbons (Fsp3) is 0.583. The molecule has 0 bridgehead atoms. The molecule has 0 saturated carbocycles. The van der Waals surface area contributed by atoms with Crippen LogP contribution in [-0.2, 0) is 23.4 Å². The van der Waals surface area contributed by atoms with Gasteiger partial charge in [0, 0.05) is 19.0 Å². The number of aryl methyl sites for hydroxylation is 1. The molecule has 0 aromatic carbocycles. The molecular weight excluding hydrogens is 268 g/mol. The average molecular weight is 285 g/mol.